The highest BCUT2D eigenvalue weighted by Gasteiger charge is 2.43. The van der Waals surface area contributed by atoms with E-state index in [4.69, 9.17) is 14.2 Å². The lowest BCUT2D eigenvalue weighted by Gasteiger charge is -2.40. The molecule has 0 bridgehead atoms. The van der Waals surface area contributed by atoms with Crippen molar-refractivity contribution in [1.82, 2.24) is 9.21 Å². The second-order valence-corrected chi connectivity index (χ2v) is 11.4. The third kappa shape index (κ3) is 4.19. The molecule has 34 heavy (non-hydrogen) atoms. The van der Waals surface area contributed by atoms with Crippen LogP contribution >= 0.6 is 0 Å². The van der Waals surface area contributed by atoms with E-state index in [0.717, 1.165) is 0 Å². The van der Waals surface area contributed by atoms with Crippen LogP contribution in [0.15, 0.2) is 17.0 Å². The molecule has 0 unspecified atom stereocenters. The van der Waals surface area contributed by atoms with Crippen molar-refractivity contribution in [2.45, 2.75) is 56.3 Å². The summed E-state index contributed by atoms with van der Waals surface area (Å²) in [5.74, 6) is -0.873. The minimum atomic E-state index is -3.84. The van der Waals surface area contributed by atoms with E-state index < -0.39 is 21.9 Å². The molecular weight excluding hydrogens is 462 g/mol. The van der Waals surface area contributed by atoms with Gasteiger partial charge in [-0.3, -0.25) is 9.59 Å². The zero-order chi connectivity index (χ0) is 24.1. The number of amides is 2. The average Bonchev–Trinajstić information content (AvgIpc) is 3.27. The molecular formula is C23H31N3O7S. The Morgan fingerprint density at radius 3 is 2.56 bits per heavy atom. The summed E-state index contributed by atoms with van der Waals surface area (Å²) in [5.41, 5.74) is 0.980. The molecule has 3 saturated heterocycles. The van der Waals surface area contributed by atoms with Gasteiger partial charge >= 0.3 is 0 Å². The summed E-state index contributed by atoms with van der Waals surface area (Å²) in [7, 11) is -3.84. The van der Waals surface area contributed by atoms with Gasteiger partial charge in [-0.25, -0.2) is 8.42 Å². The molecule has 0 aromatic heterocycles. The molecule has 0 aliphatic carbocycles. The first kappa shape index (κ1) is 23.5. The number of fused-ring (bicyclic) bond motifs is 1. The number of anilines is 1. The number of carbonyl (C=O) groups is 2. The fraction of sp³-hybridized carbons (Fsp3) is 0.652. The van der Waals surface area contributed by atoms with E-state index in [1.807, 2.05) is 4.90 Å². The van der Waals surface area contributed by atoms with Crippen LogP contribution in [0.5, 0.6) is 5.75 Å². The van der Waals surface area contributed by atoms with Crippen molar-refractivity contribution in [2.75, 3.05) is 44.7 Å². The Morgan fingerprint density at radius 2 is 1.85 bits per heavy atom. The summed E-state index contributed by atoms with van der Waals surface area (Å²) in [6, 6.07) is 3.10. The number of piperidine rings is 2. The van der Waals surface area contributed by atoms with Crippen molar-refractivity contribution >= 4 is 27.5 Å². The highest BCUT2D eigenvalue weighted by Crippen LogP contribution is 2.37. The third-order valence-electron chi connectivity index (χ3n) is 7.21. The van der Waals surface area contributed by atoms with Crippen LogP contribution in [-0.2, 0) is 29.1 Å². The fourth-order valence-electron chi connectivity index (χ4n) is 5.23. The van der Waals surface area contributed by atoms with E-state index in [1.165, 1.54) is 10.4 Å². The molecule has 10 nitrogen and oxygen atoms in total. The highest BCUT2D eigenvalue weighted by atomic mass is 32.2. The maximum Gasteiger partial charge on any atom is 0.265 e. The second kappa shape index (κ2) is 8.78. The van der Waals surface area contributed by atoms with Gasteiger partial charge in [0.25, 0.3) is 5.91 Å². The van der Waals surface area contributed by atoms with Crippen molar-refractivity contribution in [3.63, 3.8) is 0 Å². The first-order valence-corrected chi connectivity index (χ1v) is 13.3. The van der Waals surface area contributed by atoms with E-state index in [-0.39, 0.29) is 29.2 Å². The number of rotatable bonds is 3. The Bertz CT molecular complexity index is 1090. The maximum atomic E-state index is 13.6. The quantitative estimate of drug-likeness (QED) is 0.678. The summed E-state index contributed by atoms with van der Waals surface area (Å²) in [4.78, 5) is 27.1. The van der Waals surface area contributed by atoms with Gasteiger partial charge in [-0.1, -0.05) is 0 Å². The summed E-state index contributed by atoms with van der Waals surface area (Å²) < 4.78 is 45.7. The van der Waals surface area contributed by atoms with Gasteiger partial charge in [-0.2, -0.15) is 4.31 Å². The van der Waals surface area contributed by atoms with Crippen molar-refractivity contribution in [3.05, 3.63) is 17.7 Å². The first-order valence-electron chi connectivity index (χ1n) is 11.9. The van der Waals surface area contributed by atoms with Gasteiger partial charge in [0.05, 0.1) is 29.7 Å². The largest absolute Gasteiger partial charge is 0.479 e. The number of nitrogens with zero attached hydrogens (tertiary/aromatic N) is 2. The van der Waals surface area contributed by atoms with Gasteiger partial charge in [-0.15, -0.1) is 0 Å². The Labute approximate surface area is 199 Å². The van der Waals surface area contributed by atoms with Crippen molar-refractivity contribution < 1.29 is 32.2 Å². The predicted octanol–water partition coefficient (Wildman–Crippen LogP) is 1.48. The molecule has 4 aliphatic rings. The maximum absolute atomic E-state index is 13.6. The van der Waals surface area contributed by atoms with Crippen molar-refractivity contribution in [1.29, 1.82) is 0 Å². The standard InChI is InChI=1S/C23H31N3O7S/c1-15-12-18-19(33-16(2)21(27)24-18)13-20(15)34(29,30)26-7-3-4-17(14-26)22(28)25-8-5-23(6-9-25)31-10-11-32-23/h12-13,16-17H,3-11,14H2,1-2H3,(H,24,27)/t16-,17-/m1/s1. The Kier molecular flexibility index (Phi) is 6.07. The van der Waals surface area contributed by atoms with Crippen molar-refractivity contribution in [2.24, 2.45) is 5.92 Å². The summed E-state index contributed by atoms with van der Waals surface area (Å²) in [6.07, 6.45) is 1.85. The molecule has 4 aliphatic heterocycles. The average molecular weight is 494 g/mol. The number of hydrogen-bond donors (Lipinski definition) is 1. The predicted molar refractivity (Wildman–Crippen MR) is 122 cm³/mol. The molecule has 5 rings (SSSR count). The van der Waals surface area contributed by atoms with Crippen LogP contribution in [0.2, 0.25) is 0 Å². The minimum Gasteiger partial charge on any atom is -0.479 e. The molecule has 3 fully saturated rings. The first-order chi connectivity index (χ1) is 16.2. The highest BCUT2D eigenvalue weighted by molar-refractivity contribution is 7.89. The molecule has 2 atom stereocenters. The van der Waals surface area contributed by atoms with Gasteiger partial charge in [0.2, 0.25) is 15.9 Å². The van der Waals surface area contributed by atoms with Crippen LogP contribution in [0, 0.1) is 12.8 Å². The van der Waals surface area contributed by atoms with Gasteiger partial charge < -0.3 is 24.4 Å². The zero-order valence-corrected chi connectivity index (χ0v) is 20.4. The van der Waals surface area contributed by atoms with E-state index in [9.17, 15) is 18.0 Å². The van der Waals surface area contributed by atoms with Gasteiger partial charge in [0.1, 0.15) is 5.75 Å². The molecule has 0 saturated carbocycles. The Balaban J connectivity index is 1.30. The molecule has 11 heteroatoms. The van der Waals surface area contributed by atoms with E-state index in [0.29, 0.717) is 75.5 Å². The van der Waals surface area contributed by atoms with Gasteiger partial charge in [-0.05, 0) is 38.3 Å². The second-order valence-electron chi connectivity index (χ2n) is 9.50. The molecule has 1 aromatic carbocycles. The molecule has 0 radical (unpaired) electrons. The van der Waals surface area contributed by atoms with E-state index >= 15 is 0 Å². The fourth-order valence-corrected chi connectivity index (χ4v) is 6.98. The molecule has 186 valence electrons. The van der Waals surface area contributed by atoms with Crippen LogP contribution in [-0.4, -0.2) is 80.7 Å². The van der Waals surface area contributed by atoms with Crippen LogP contribution in [0.3, 0.4) is 0 Å². The molecule has 2 amide bonds. The van der Waals surface area contributed by atoms with Crippen LogP contribution < -0.4 is 10.1 Å². The topological polar surface area (TPSA) is 114 Å². The van der Waals surface area contributed by atoms with Gasteiger partial charge in [0.15, 0.2) is 11.9 Å². The van der Waals surface area contributed by atoms with E-state index in [2.05, 4.69) is 5.32 Å². The lowest BCUT2D eigenvalue weighted by molar-refractivity contribution is -0.188. The lowest BCUT2D eigenvalue weighted by atomic mass is 9.96. The summed E-state index contributed by atoms with van der Waals surface area (Å²) in [6.45, 7) is 6.09. The molecule has 1 spiro atoms. The smallest absolute Gasteiger partial charge is 0.265 e. The number of ether oxygens (including phenoxy) is 3. The molecule has 1 N–H and O–H groups in total. The van der Waals surface area contributed by atoms with Crippen LogP contribution in [0.4, 0.5) is 5.69 Å². The van der Waals surface area contributed by atoms with Gasteiger partial charge in [0, 0.05) is 45.1 Å². The Hall–Kier alpha value is -2.21. The number of hydrogen-bond acceptors (Lipinski definition) is 7. The number of aryl methyl sites for hydroxylation is 1. The third-order valence-corrected chi connectivity index (χ3v) is 9.22. The lowest BCUT2D eigenvalue weighted by Crippen LogP contribution is -2.51. The summed E-state index contributed by atoms with van der Waals surface area (Å²) >= 11 is 0. The normalized spacial score (nSPS) is 27.2. The number of nitrogens with one attached hydrogen (secondary N) is 1. The number of likely N-dealkylation sites (tertiary alicyclic amines) is 1. The van der Waals surface area contributed by atoms with Crippen molar-refractivity contribution in [3.8, 4) is 5.75 Å². The number of benzene rings is 1. The van der Waals surface area contributed by atoms with Crippen LogP contribution in [0.25, 0.3) is 0 Å². The number of carbonyl (C=O) groups excluding carboxylic acids is 2. The number of sulfonamides is 1. The summed E-state index contributed by atoms with van der Waals surface area (Å²) in [5, 5.41) is 2.74. The Morgan fingerprint density at radius 1 is 1.15 bits per heavy atom. The van der Waals surface area contributed by atoms with E-state index in [1.54, 1.807) is 19.9 Å². The SMILES string of the molecule is Cc1cc2c(cc1S(=O)(=O)N1CCC[C@@H](C(=O)N3CCC4(CC3)OCCO4)C1)O[C@H](C)C(=O)N2. The monoisotopic (exact) mass is 493 g/mol. The molecule has 1 aromatic rings. The van der Waals surface area contributed by atoms with Crippen LogP contribution in [0.1, 0.15) is 38.2 Å². The molecule has 4 heterocycles. The zero-order valence-electron chi connectivity index (χ0n) is 19.5. The minimum absolute atomic E-state index is 0.00483.